The lowest BCUT2D eigenvalue weighted by atomic mass is 10.2. The Labute approximate surface area is 135 Å². The zero-order valence-corrected chi connectivity index (χ0v) is 13.8. The molecule has 6 nitrogen and oxygen atoms in total. The predicted molar refractivity (Wildman–Crippen MR) is 89.3 cm³/mol. The molecule has 0 spiro atoms. The molecular formula is C17H21N5O. The van der Waals surface area contributed by atoms with Crippen LogP contribution >= 0.6 is 0 Å². The second kappa shape index (κ2) is 6.73. The maximum atomic E-state index is 5.59. The second-order valence-corrected chi connectivity index (χ2v) is 5.62. The van der Waals surface area contributed by atoms with Crippen LogP contribution in [0, 0.1) is 13.8 Å². The first kappa shape index (κ1) is 15.4. The number of aromatic nitrogens is 4. The molecule has 3 aromatic heterocycles. The number of anilines is 1. The molecule has 0 aliphatic rings. The number of nitrogens with zero attached hydrogens (tertiary/aromatic N) is 5. The highest BCUT2D eigenvalue weighted by atomic mass is 16.4. The van der Waals surface area contributed by atoms with Gasteiger partial charge in [-0.3, -0.25) is 4.98 Å². The summed E-state index contributed by atoms with van der Waals surface area (Å²) >= 11 is 0. The third-order valence-electron chi connectivity index (χ3n) is 3.64. The van der Waals surface area contributed by atoms with E-state index in [-0.39, 0.29) is 0 Å². The van der Waals surface area contributed by atoms with Crippen LogP contribution in [0.5, 0.6) is 0 Å². The Hall–Kier alpha value is -2.50. The summed E-state index contributed by atoms with van der Waals surface area (Å²) in [5, 5.41) is 0. The summed E-state index contributed by atoms with van der Waals surface area (Å²) < 4.78 is 5.59. The second-order valence-electron chi connectivity index (χ2n) is 5.62. The summed E-state index contributed by atoms with van der Waals surface area (Å²) in [5.74, 6) is 2.14. The zero-order valence-electron chi connectivity index (χ0n) is 13.8. The molecule has 23 heavy (non-hydrogen) atoms. The molecule has 0 amide bonds. The standard InChI is InChI=1S/C17H21N5O/c1-4-5-9-22(11-14-7-6-8-18-10-14)16-15-17(20-12(2)19-16)23-13(3)21-15/h6-8,10H,4-5,9,11H2,1-3H3. The molecule has 120 valence electrons. The van der Waals surface area contributed by atoms with Crippen LogP contribution in [0.2, 0.25) is 0 Å². The first-order valence-electron chi connectivity index (χ1n) is 7.93. The molecule has 0 N–H and O–H groups in total. The number of rotatable bonds is 6. The van der Waals surface area contributed by atoms with E-state index in [4.69, 9.17) is 4.42 Å². The van der Waals surface area contributed by atoms with Crippen molar-refractivity contribution in [1.82, 2.24) is 19.9 Å². The van der Waals surface area contributed by atoms with Crippen molar-refractivity contribution >= 4 is 17.0 Å². The van der Waals surface area contributed by atoms with Gasteiger partial charge in [-0.2, -0.15) is 4.98 Å². The fraction of sp³-hybridized carbons (Fsp3) is 0.412. The van der Waals surface area contributed by atoms with Gasteiger partial charge in [0.15, 0.2) is 17.2 Å². The summed E-state index contributed by atoms with van der Waals surface area (Å²) in [6.07, 6.45) is 5.88. The average molecular weight is 311 g/mol. The van der Waals surface area contributed by atoms with Crippen molar-refractivity contribution in [3.05, 3.63) is 41.8 Å². The lowest BCUT2D eigenvalue weighted by Gasteiger charge is -2.23. The van der Waals surface area contributed by atoms with E-state index in [9.17, 15) is 0 Å². The molecule has 0 fully saturated rings. The third-order valence-corrected chi connectivity index (χ3v) is 3.64. The van der Waals surface area contributed by atoms with Gasteiger partial charge in [-0.1, -0.05) is 19.4 Å². The van der Waals surface area contributed by atoms with Crippen LogP contribution in [0.1, 0.15) is 37.0 Å². The van der Waals surface area contributed by atoms with Crippen molar-refractivity contribution in [2.75, 3.05) is 11.4 Å². The lowest BCUT2D eigenvalue weighted by molar-refractivity contribution is 0.550. The molecule has 0 unspecified atom stereocenters. The molecule has 0 radical (unpaired) electrons. The number of oxazole rings is 1. The van der Waals surface area contributed by atoms with Crippen LogP contribution in [0.4, 0.5) is 5.82 Å². The molecule has 3 aromatic rings. The number of hydrogen-bond donors (Lipinski definition) is 0. The minimum absolute atomic E-state index is 0.553. The van der Waals surface area contributed by atoms with Gasteiger partial charge in [0.05, 0.1) is 0 Å². The van der Waals surface area contributed by atoms with Gasteiger partial charge < -0.3 is 9.32 Å². The van der Waals surface area contributed by atoms with Gasteiger partial charge in [0.25, 0.3) is 5.71 Å². The zero-order chi connectivity index (χ0) is 16.2. The summed E-state index contributed by atoms with van der Waals surface area (Å²) in [7, 11) is 0. The number of fused-ring (bicyclic) bond motifs is 1. The summed E-state index contributed by atoms with van der Waals surface area (Å²) in [6, 6.07) is 4.03. The van der Waals surface area contributed by atoms with Crippen molar-refractivity contribution in [1.29, 1.82) is 0 Å². The van der Waals surface area contributed by atoms with Crippen molar-refractivity contribution < 1.29 is 4.42 Å². The fourth-order valence-electron chi connectivity index (χ4n) is 2.56. The first-order valence-corrected chi connectivity index (χ1v) is 7.93. The Balaban J connectivity index is 2.01. The highest BCUT2D eigenvalue weighted by molar-refractivity contribution is 5.82. The molecule has 6 heteroatoms. The topological polar surface area (TPSA) is 67.9 Å². The molecule has 0 aromatic carbocycles. The molecule has 0 atom stereocenters. The van der Waals surface area contributed by atoms with Crippen molar-refractivity contribution in [3.8, 4) is 0 Å². The monoisotopic (exact) mass is 311 g/mol. The Bertz CT molecular complexity index is 784. The van der Waals surface area contributed by atoms with E-state index < -0.39 is 0 Å². The van der Waals surface area contributed by atoms with Gasteiger partial charge >= 0.3 is 0 Å². The minimum atomic E-state index is 0.553. The first-order chi connectivity index (χ1) is 11.2. The van der Waals surface area contributed by atoms with Gasteiger partial charge in [-0.15, -0.1) is 0 Å². The number of pyridine rings is 1. The summed E-state index contributed by atoms with van der Waals surface area (Å²) in [4.78, 5) is 19.9. The molecule has 0 bridgehead atoms. The Morgan fingerprint density at radius 3 is 2.78 bits per heavy atom. The number of unbranched alkanes of at least 4 members (excludes halogenated alkanes) is 1. The number of hydrogen-bond acceptors (Lipinski definition) is 6. The van der Waals surface area contributed by atoms with E-state index in [0.717, 1.165) is 42.8 Å². The van der Waals surface area contributed by atoms with E-state index in [2.05, 4.69) is 37.8 Å². The van der Waals surface area contributed by atoms with Gasteiger partial charge in [0, 0.05) is 32.4 Å². The molecule has 0 saturated heterocycles. The van der Waals surface area contributed by atoms with Crippen LogP contribution in [0.15, 0.2) is 28.9 Å². The van der Waals surface area contributed by atoms with Crippen LogP contribution in [-0.4, -0.2) is 26.5 Å². The highest BCUT2D eigenvalue weighted by Crippen LogP contribution is 2.25. The Morgan fingerprint density at radius 2 is 2.04 bits per heavy atom. The Kier molecular flexibility index (Phi) is 4.50. The smallest absolute Gasteiger partial charge is 0.252 e. The summed E-state index contributed by atoms with van der Waals surface area (Å²) in [5.41, 5.74) is 2.43. The van der Waals surface area contributed by atoms with Gasteiger partial charge in [0.2, 0.25) is 0 Å². The molecule has 3 rings (SSSR count). The van der Waals surface area contributed by atoms with E-state index in [0.29, 0.717) is 17.4 Å². The van der Waals surface area contributed by atoms with E-state index in [1.165, 1.54) is 0 Å². The van der Waals surface area contributed by atoms with Crippen LogP contribution < -0.4 is 4.90 Å². The van der Waals surface area contributed by atoms with Crippen LogP contribution in [0.25, 0.3) is 11.2 Å². The SMILES string of the molecule is CCCCN(Cc1cccnc1)c1nc(C)nc2oc(C)nc12. The minimum Gasteiger partial charge on any atom is -0.422 e. The van der Waals surface area contributed by atoms with Gasteiger partial charge in [-0.25, -0.2) is 9.97 Å². The summed E-state index contributed by atoms with van der Waals surface area (Å²) in [6.45, 7) is 7.54. The molecule has 0 aliphatic carbocycles. The van der Waals surface area contributed by atoms with Crippen LogP contribution in [0.3, 0.4) is 0 Å². The molecular weight excluding hydrogens is 290 g/mol. The van der Waals surface area contributed by atoms with Crippen LogP contribution in [-0.2, 0) is 6.54 Å². The van der Waals surface area contributed by atoms with Gasteiger partial charge in [0.1, 0.15) is 5.82 Å². The predicted octanol–water partition coefficient (Wildman–Crippen LogP) is 3.44. The average Bonchev–Trinajstić information content (AvgIpc) is 2.91. The van der Waals surface area contributed by atoms with Crippen molar-refractivity contribution in [2.24, 2.45) is 0 Å². The maximum absolute atomic E-state index is 5.59. The third kappa shape index (κ3) is 3.47. The van der Waals surface area contributed by atoms with E-state index >= 15 is 0 Å². The largest absolute Gasteiger partial charge is 0.422 e. The number of aryl methyl sites for hydroxylation is 2. The molecule has 3 heterocycles. The van der Waals surface area contributed by atoms with E-state index in [1.807, 2.05) is 26.1 Å². The molecule has 0 aliphatic heterocycles. The molecule has 0 saturated carbocycles. The quantitative estimate of drug-likeness (QED) is 0.694. The highest BCUT2D eigenvalue weighted by Gasteiger charge is 2.18. The van der Waals surface area contributed by atoms with Crippen molar-refractivity contribution in [3.63, 3.8) is 0 Å². The van der Waals surface area contributed by atoms with Gasteiger partial charge in [-0.05, 0) is 25.0 Å². The Morgan fingerprint density at radius 1 is 1.17 bits per heavy atom. The lowest BCUT2D eigenvalue weighted by Crippen LogP contribution is -2.25. The van der Waals surface area contributed by atoms with Crippen molar-refractivity contribution in [2.45, 2.75) is 40.2 Å². The normalized spacial score (nSPS) is 11.1. The van der Waals surface area contributed by atoms with E-state index in [1.54, 1.807) is 6.20 Å². The maximum Gasteiger partial charge on any atom is 0.252 e. The fourth-order valence-corrected chi connectivity index (χ4v) is 2.56.